The predicted molar refractivity (Wildman–Crippen MR) is 51.0 cm³/mol. The van der Waals surface area contributed by atoms with Gasteiger partial charge in [0.25, 0.3) is 10.1 Å². The van der Waals surface area contributed by atoms with Crippen LogP contribution in [-0.4, -0.2) is 14.7 Å². The normalized spacial score (nSPS) is 11.6. The number of hydrogen-bond donors (Lipinski definition) is 0. The molecule has 0 aliphatic heterocycles. The van der Waals surface area contributed by atoms with Crippen LogP contribution in [-0.2, 0) is 20.9 Å². The Morgan fingerprint density at radius 2 is 2.14 bits per heavy atom. The summed E-state index contributed by atoms with van der Waals surface area (Å²) < 4.78 is 38.8. The lowest BCUT2D eigenvalue weighted by Gasteiger charge is -2.03. The molecule has 3 nitrogen and oxygen atoms in total. The summed E-state index contributed by atoms with van der Waals surface area (Å²) in [6.45, 7) is -0.342. The molecule has 0 aliphatic rings. The summed E-state index contributed by atoms with van der Waals surface area (Å²) in [5.74, 6) is -0.655. The van der Waals surface area contributed by atoms with E-state index in [-0.39, 0.29) is 17.2 Å². The van der Waals surface area contributed by atoms with E-state index < -0.39 is 15.9 Å². The smallest absolute Gasteiger partial charge is 0.264 e. The summed E-state index contributed by atoms with van der Waals surface area (Å²) in [4.78, 5) is 0. The molecule has 14 heavy (non-hydrogen) atoms. The third-order valence-corrected chi connectivity index (χ3v) is 2.30. The molecular weight excluding hydrogens is 231 g/mol. The summed E-state index contributed by atoms with van der Waals surface area (Å²) in [6, 6.07) is 4.31. The van der Waals surface area contributed by atoms with Crippen LogP contribution in [0.25, 0.3) is 0 Å². The van der Waals surface area contributed by atoms with Gasteiger partial charge in [-0.25, -0.2) is 4.39 Å². The van der Waals surface area contributed by atoms with E-state index in [4.69, 9.17) is 11.6 Å². The molecule has 0 atom stereocenters. The van der Waals surface area contributed by atoms with Crippen molar-refractivity contribution in [3.8, 4) is 0 Å². The van der Waals surface area contributed by atoms with E-state index in [1.807, 2.05) is 0 Å². The van der Waals surface area contributed by atoms with Gasteiger partial charge in [-0.15, -0.1) is 0 Å². The fourth-order valence-corrected chi connectivity index (χ4v) is 1.37. The molecule has 6 heteroatoms. The minimum Gasteiger partial charge on any atom is -0.265 e. The molecule has 0 saturated carbocycles. The zero-order chi connectivity index (χ0) is 10.8. The van der Waals surface area contributed by atoms with Gasteiger partial charge < -0.3 is 0 Å². The van der Waals surface area contributed by atoms with Gasteiger partial charge in [0.2, 0.25) is 0 Å². The van der Waals surface area contributed by atoms with Crippen molar-refractivity contribution < 1.29 is 17.0 Å². The van der Waals surface area contributed by atoms with Crippen molar-refractivity contribution >= 4 is 21.7 Å². The molecule has 0 radical (unpaired) electrons. The molecular formula is C8H8ClFO3S. The highest BCUT2D eigenvalue weighted by atomic mass is 35.5. The molecule has 0 spiro atoms. The average molecular weight is 239 g/mol. The molecule has 0 aliphatic carbocycles. The highest BCUT2D eigenvalue weighted by Crippen LogP contribution is 2.18. The van der Waals surface area contributed by atoms with Gasteiger partial charge in [-0.1, -0.05) is 23.7 Å². The fourth-order valence-electron chi connectivity index (χ4n) is 0.830. The molecule has 0 bridgehead atoms. The molecule has 1 aromatic carbocycles. The lowest BCUT2D eigenvalue weighted by Crippen LogP contribution is -2.04. The summed E-state index contributed by atoms with van der Waals surface area (Å²) in [5, 5.41) is -0.0559. The SMILES string of the molecule is CS(=O)(=O)OCc1cccc(Cl)c1F. The second-order valence-electron chi connectivity index (χ2n) is 2.68. The van der Waals surface area contributed by atoms with E-state index in [2.05, 4.69) is 4.18 Å². The number of hydrogen-bond acceptors (Lipinski definition) is 3. The van der Waals surface area contributed by atoms with Crippen LogP contribution in [0, 0.1) is 5.82 Å². The van der Waals surface area contributed by atoms with Gasteiger partial charge in [0.05, 0.1) is 17.9 Å². The third kappa shape index (κ3) is 3.25. The maximum Gasteiger partial charge on any atom is 0.264 e. The Morgan fingerprint density at radius 1 is 1.50 bits per heavy atom. The Hall–Kier alpha value is -0.650. The second-order valence-corrected chi connectivity index (χ2v) is 4.73. The van der Waals surface area contributed by atoms with E-state index in [0.717, 1.165) is 6.26 Å². The quantitative estimate of drug-likeness (QED) is 0.756. The number of halogens is 2. The molecule has 1 rings (SSSR count). The second kappa shape index (κ2) is 4.25. The largest absolute Gasteiger partial charge is 0.265 e. The minimum atomic E-state index is -3.56. The average Bonchev–Trinajstić information content (AvgIpc) is 2.06. The molecule has 1 aromatic rings. The number of benzene rings is 1. The molecule has 0 heterocycles. The van der Waals surface area contributed by atoms with Gasteiger partial charge >= 0.3 is 0 Å². The van der Waals surface area contributed by atoms with Gasteiger partial charge in [-0.05, 0) is 6.07 Å². The Kier molecular flexibility index (Phi) is 3.47. The molecule has 0 aromatic heterocycles. The first-order chi connectivity index (χ1) is 6.40. The molecule has 0 unspecified atom stereocenters. The van der Waals surface area contributed by atoms with Crippen molar-refractivity contribution in [2.45, 2.75) is 6.61 Å². The van der Waals surface area contributed by atoms with Crippen molar-refractivity contribution in [1.29, 1.82) is 0 Å². The van der Waals surface area contributed by atoms with Crippen LogP contribution in [0.15, 0.2) is 18.2 Å². The molecule has 0 saturated heterocycles. The summed E-state index contributed by atoms with van der Waals surface area (Å²) in [6.07, 6.45) is 0.898. The Balaban J connectivity index is 2.83. The molecule has 78 valence electrons. The molecule has 0 fully saturated rings. The maximum atomic E-state index is 13.2. The van der Waals surface area contributed by atoms with Crippen molar-refractivity contribution in [1.82, 2.24) is 0 Å². The third-order valence-electron chi connectivity index (χ3n) is 1.46. The summed E-state index contributed by atoms with van der Waals surface area (Å²) in [5.41, 5.74) is 0.114. The Labute approximate surface area is 86.6 Å². The molecule has 0 N–H and O–H groups in total. The van der Waals surface area contributed by atoms with Crippen LogP contribution in [0.5, 0.6) is 0 Å². The first kappa shape index (κ1) is 11.4. The summed E-state index contributed by atoms with van der Waals surface area (Å²) in [7, 11) is -3.56. The topological polar surface area (TPSA) is 43.4 Å². The van der Waals surface area contributed by atoms with Crippen LogP contribution in [0.4, 0.5) is 4.39 Å². The van der Waals surface area contributed by atoms with Crippen molar-refractivity contribution in [3.05, 3.63) is 34.6 Å². The highest BCUT2D eigenvalue weighted by Gasteiger charge is 2.09. The number of rotatable bonds is 3. The van der Waals surface area contributed by atoms with Gasteiger partial charge in [0.15, 0.2) is 0 Å². The van der Waals surface area contributed by atoms with Crippen LogP contribution in [0.2, 0.25) is 5.02 Å². The van der Waals surface area contributed by atoms with Crippen LogP contribution in [0.1, 0.15) is 5.56 Å². The van der Waals surface area contributed by atoms with Crippen molar-refractivity contribution in [3.63, 3.8) is 0 Å². The monoisotopic (exact) mass is 238 g/mol. The molecule has 0 amide bonds. The van der Waals surface area contributed by atoms with E-state index >= 15 is 0 Å². The lowest BCUT2D eigenvalue weighted by molar-refractivity contribution is 0.306. The Morgan fingerprint density at radius 3 is 2.71 bits per heavy atom. The van der Waals surface area contributed by atoms with Crippen LogP contribution in [0.3, 0.4) is 0 Å². The van der Waals surface area contributed by atoms with E-state index in [1.54, 1.807) is 0 Å². The van der Waals surface area contributed by atoms with E-state index in [9.17, 15) is 12.8 Å². The van der Waals surface area contributed by atoms with E-state index in [1.165, 1.54) is 18.2 Å². The van der Waals surface area contributed by atoms with Gasteiger partial charge in [-0.2, -0.15) is 8.42 Å². The standard InChI is InChI=1S/C8H8ClFO3S/c1-14(11,12)13-5-6-3-2-4-7(9)8(6)10/h2-4H,5H2,1H3. The maximum absolute atomic E-state index is 13.2. The summed E-state index contributed by atoms with van der Waals surface area (Å²) >= 11 is 5.48. The van der Waals surface area contributed by atoms with Crippen LogP contribution >= 0.6 is 11.6 Å². The van der Waals surface area contributed by atoms with Gasteiger partial charge in [0.1, 0.15) is 5.82 Å². The Bertz CT molecular complexity index is 430. The van der Waals surface area contributed by atoms with Crippen molar-refractivity contribution in [2.24, 2.45) is 0 Å². The van der Waals surface area contributed by atoms with Crippen molar-refractivity contribution in [2.75, 3.05) is 6.26 Å². The first-order valence-corrected chi connectivity index (χ1v) is 5.87. The highest BCUT2D eigenvalue weighted by molar-refractivity contribution is 7.85. The van der Waals surface area contributed by atoms with E-state index in [0.29, 0.717) is 0 Å². The first-order valence-electron chi connectivity index (χ1n) is 3.67. The zero-order valence-corrected chi connectivity index (χ0v) is 8.90. The van der Waals surface area contributed by atoms with Gasteiger partial charge in [-0.3, -0.25) is 4.18 Å². The fraction of sp³-hybridized carbons (Fsp3) is 0.250. The predicted octanol–water partition coefficient (Wildman–Crippen LogP) is 1.96. The van der Waals surface area contributed by atoms with Crippen LogP contribution < -0.4 is 0 Å². The zero-order valence-electron chi connectivity index (χ0n) is 7.33. The lowest BCUT2D eigenvalue weighted by atomic mass is 10.2. The van der Waals surface area contributed by atoms with Gasteiger partial charge in [0, 0.05) is 5.56 Å². The minimum absolute atomic E-state index is 0.0559.